The maximum absolute atomic E-state index is 5.30. The van der Waals surface area contributed by atoms with Crippen LogP contribution in [0.5, 0.6) is 0 Å². The number of hydrogen-bond acceptors (Lipinski definition) is 3. The monoisotopic (exact) mass is 291 g/mol. The van der Waals surface area contributed by atoms with E-state index in [1.807, 2.05) is 34.9 Å². The van der Waals surface area contributed by atoms with Crippen molar-refractivity contribution in [2.24, 2.45) is 0 Å². The van der Waals surface area contributed by atoms with E-state index in [1.54, 1.807) is 6.26 Å². The molecule has 0 bridgehead atoms. The number of hydrogen-bond donors (Lipinski definition) is 0. The molecule has 0 aromatic carbocycles. The van der Waals surface area contributed by atoms with E-state index < -0.39 is 0 Å². The van der Waals surface area contributed by atoms with Crippen molar-refractivity contribution in [3.63, 3.8) is 0 Å². The van der Waals surface area contributed by atoms with Crippen molar-refractivity contribution >= 4 is 21.6 Å². The minimum atomic E-state index is 0.811. The van der Waals surface area contributed by atoms with Crippen molar-refractivity contribution in [2.75, 3.05) is 0 Å². The molecular weight excluding hydrogens is 282 g/mol. The third-order valence-corrected chi connectivity index (χ3v) is 3.25. The predicted octanol–water partition coefficient (Wildman–Crippen LogP) is 2.87. The molecule has 17 heavy (non-hydrogen) atoms. The van der Waals surface area contributed by atoms with Crippen LogP contribution in [-0.2, 0) is 12.8 Å². The first-order valence-corrected chi connectivity index (χ1v) is 6.14. The highest BCUT2D eigenvalue weighted by atomic mass is 79.9. The van der Waals surface area contributed by atoms with Crippen molar-refractivity contribution in [3.05, 3.63) is 52.8 Å². The lowest BCUT2D eigenvalue weighted by molar-refractivity contribution is 0.506. The fourth-order valence-corrected chi connectivity index (χ4v) is 2.21. The minimum Gasteiger partial charge on any atom is -0.469 e. The maximum Gasteiger partial charge on any atom is 0.175 e. The number of aromatic nitrogens is 3. The first-order chi connectivity index (χ1) is 8.34. The summed E-state index contributed by atoms with van der Waals surface area (Å²) in [7, 11) is 0. The van der Waals surface area contributed by atoms with E-state index in [4.69, 9.17) is 4.42 Å². The number of rotatable bonds is 3. The molecule has 0 aliphatic rings. The van der Waals surface area contributed by atoms with E-state index in [0.717, 1.165) is 34.5 Å². The van der Waals surface area contributed by atoms with E-state index in [9.17, 15) is 0 Å². The Hall–Kier alpha value is -1.62. The van der Waals surface area contributed by atoms with E-state index in [2.05, 4.69) is 26.1 Å². The van der Waals surface area contributed by atoms with Crippen LogP contribution in [0.4, 0.5) is 0 Å². The van der Waals surface area contributed by atoms with Crippen LogP contribution >= 0.6 is 15.9 Å². The van der Waals surface area contributed by atoms with Gasteiger partial charge in [-0.05, 0) is 40.2 Å². The smallest absolute Gasteiger partial charge is 0.175 e. The van der Waals surface area contributed by atoms with Crippen LogP contribution in [0.1, 0.15) is 11.6 Å². The first kappa shape index (κ1) is 10.5. The second-order valence-electron chi connectivity index (χ2n) is 3.75. The van der Waals surface area contributed by atoms with E-state index in [0.29, 0.717) is 0 Å². The Morgan fingerprint density at radius 3 is 2.94 bits per heavy atom. The molecule has 0 fully saturated rings. The van der Waals surface area contributed by atoms with Gasteiger partial charge in [-0.2, -0.15) is 0 Å². The molecule has 0 atom stereocenters. The molecule has 0 spiro atoms. The maximum atomic E-state index is 5.30. The number of fused-ring (bicyclic) bond motifs is 1. The molecule has 3 rings (SSSR count). The molecule has 3 aromatic heterocycles. The zero-order valence-corrected chi connectivity index (χ0v) is 10.6. The summed E-state index contributed by atoms with van der Waals surface area (Å²) < 4.78 is 8.25. The second-order valence-corrected chi connectivity index (χ2v) is 4.60. The van der Waals surface area contributed by atoms with Gasteiger partial charge in [-0.3, -0.25) is 4.40 Å². The van der Waals surface area contributed by atoms with Gasteiger partial charge < -0.3 is 4.42 Å². The van der Waals surface area contributed by atoms with Crippen LogP contribution < -0.4 is 0 Å². The number of furan rings is 1. The van der Waals surface area contributed by atoms with Crippen LogP contribution in [0, 0.1) is 0 Å². The van der Waals surface area contributed by atoms with Gasteiger partial charge in [0.25, 0.3) is 0 Å². The van der Waals surface area contributed by atoms with E-state index in [-0.39, 0.29) is 0 Å². The molecule has 86 valence electrons. The lowest BCUT2D eigenvalue weighted by Crippen LogP contribution is -1.97. The Bertz CT molecular complexity index is 630. The zero-order valence-electron chi connectivity index (χ0n) is 9.01. The van der Waals surface area contributed by atoms with Gasteiger partial charge in [-0.1, -0.05) is 0 Å². The molecule has 0 unspecified atom stereocenters. The van der Waals surface area contributed by atoms with Crippen molar-refractivity contribution < 1.29 is 4.42 Å². The molecule has 0 saturated carbocycles. The third-order valence-electron chi connectivity index (χ3n) is 2.63. The Kier molecular flexibility index (Phi) is 2.68. The molecule has 4 nitrogen and oxygen atoms in total. The SMILES string of the molecule is Brc1cccn2c(CCc3ccco3)nnc12. The van der Waals surface area contributed by atoms with Gasteiger partial charge in [0.05, 0.1) is 10.7 Å². The quantitative estimate of drug-likeness (QED) is 0.745. The van der Waals surface area contributed by atoms with Crippen LogP contribution in [0.25, 0.3) is 5.65 Å². The lowest BCUT2D eigenvalue weighted by Gasteiger charge is -1.99. The van der Waals surface area contributed by atoms with Gasteiger partial charge in [0.15, 0.2) is 5.65 Å². The fourth-order valence-electron chi connectivity index (χ4n) is 1.79. The predicted molar refractivity (Wildman–Crippen MR) is 66.8 cm³/mol. The van der Waals surface area contributed by atoms with Gasteiger partial charge in [0.1, 0.15) is 11.6 Å². The fraction of sp³-hybridized carbons (Fsp3) is 0.167. The highest BCUT2D eigenvalue weighted by Gasteiger charge is 2.08. The van der Waals surface area contributed by atoms with Crippen molar-refractivity contribution in [1.29, 1.82) is 0 Å². The highest BCUT2D eigenvalue weighted by molar-refractivity contribution is 9.10. The van der Waals surface area contributed by atoms with Crippen molar-refractivity contribution in [1.82, 2.24) is 14.6 Å². The number of pyridine rings is 1. The number of nitrogens with zero attached hydrogens (tertiary/aromatic N) is 3. The normalized spacial score (nSPS) is 11.1. The first-order valence-electron chi connectivity index (χ1n) is 5.35. The van der Waals surface area contributed by atoms with Gasteiger partial charge in [0, 0.05) is 19.0 Å². The van der Waals surface area contributed by atoms with Crippen LogP contribution in [0.15, 0.2) is 45.6 Å². The average molecular weight is 292 g/mol. The molecule has 0 radical (unpaired) electrons. The highest BCUT2D eigenvalue weighted by Crippen LogP contribution is 2.17. The summed E-state index contributed by atoms with van der Waals surface area (Å²) in [6, 6.07) is 7.80. The van der Waals surface area contributed by atoms with Crippen LogP contribution in [0.3, 0.4) is 0 Å². The third kappa shape index (κ3) is 1.98. The van der Waals surface area contributed by atoms with Crippen LogP contribution in [0.2, 0.25) is 0 Å². The molecule has 0 N–H and O–H groups in total. The van der Waals surface area contributed by atoms with Crippen molar-refractivity contribution in [3.8, 4) is 0 Å². The molecule has 5 heteroatoms. The lowest BCUT2D eigenvalue weighted by atomic mass is 10.2. The molecule has 0 saturated heterocycles. The summed E-state index contributed by atoms with van der Waals surface area (Å²) in [5.74, 6) is 1.91. The topological polar surface area (TPSA) is 43.3 Å². The second kappa shape index (κ2) is 4.33. The molecular formula is C12H10BrN3O. The summed E-state index contributed by atoms with van der Waals surface area (Å²) in [6.07, 6.45) is 5.30. The van der Waals surface area contributed by atoms with Gasteiger partial charge in [0.2, 0.25) is 0 Å². The summed E-state index contributed by atoms with van der Waals surface area (Å²) in [5, 5.41) is 8.35. The molecule has 0 aliphatic carbocycles. The van der Waals surface area contributed by atoms with Gasteiger partial charge >= 0.3 is 0 Å². The van der Waals surface area contributed by atoms with Gasteiger partial charge in [-0.15, -0.1) is 10.2 Å². The Labute approximate surface area is 106 Å². The Morgan fingerprint density at radius 1 is 1.18 bits per heavy atom. The summed E-state index contributed by atoms with van der Waals surface area (Å²) >= 11 is 3.46. The van der Waals surface area contributed by atoms with E-state index in [1.165, 1.54) is 0 Å². The molecule has 0 amide bonds. The largest absolute Gasteiger partial charge is 0.469 e. The number of halogens is 1. The van der Waals surface area contributed by atoms with Gasteiger partial charge in [-0.25, -0.2) is 0 Å². The molecule has 0 aliphatic heterocycles. The standard InChI is InChI=1S/C12H10BrN3O/c13-10-4-1-7-16-11(14-15-12(10)16)6-5-9-3-2-8-17-9/h1-4,7-8H,5-6H2. The van der Waals surface area contributed by atoms with Crippen LogP contribution in [-0.4, -0.2) is 14.6 Å². The zero-order chi connectivity index (χ0) is 11.7. The summed E-state index contributed by atoms with van der Waals surface area (Å²) in [6.45, 7) is 0. The summed E-state index contributed by atoms with van der Waals surface area (Å²) in [4.78, 5) is 0. The Morgan fingerprint density at radius 2 is 2.12 bits per heavy atom. The van der Waals surface area contributed by atoms with E-state index >= 15 is 0 Å². The average Bonchev–Trinajstić information content (AvgIpc) is 2.95. The Balaban J connectivity index is 1.88. The molecule has 3 heterocycles. The minimum absolute atomic E-state index is 0.811. The van der Waals surface area contributed by atoms with Crippen molar-refractivity contribution in [2.45, 2.75) is 12.8 Å². The molecule has 3 aromatic rings. The number of aryl methyl sites for hydroxylation is 2. The summed E-state index contributed by atoms with van der Waals surface area (Å²) in [5.41, 5.74) is 0.849.